The van der Waals surface area contributed by atoms with E-state index in [0.717, 1.165) is 12.1 Å². The van der Waals surface area contributed by atoms with E-state index in [9.17, 15) is 13.2 Å². The Morgan fingerprint density at radius 1 is 1.27 bits per heavy atom. The van der Waals surface area contributed by atoms with Crippen molar-refractivity contribution < 1.29 is 18.4 Å². The first kappa shape index (κ1) is 16.0. The Bertz CT molecular complexity index is 701. The first-order chi connectivity index (χ1) is 10.3. The van der Waals surface area contributed by atoms with Crippen LogP contribution in [0.1, 0.15) is 18.2 Å². The Morgan fingerprint density at radius 3 is 2.55 bits per heavy atom. The fourth-order valence-electron chi connectivity index (χ4n) is 1.60. The minimum absolute atomic E-state index is 0.173. The summed E-state index contributed by atoms with van der Waals surface area (Å²) < 4.78 is 38.3. The zero-order valence-electron chi connectivity index (χ0n) is 11.2. The van der Waals surface area contributed by atoms with Gasteiger partial charge in [-0.1, -0.05) is 16.8 Å². The van der Waals surface area contributed by atoms with E-state index in [2.05, 4.69) is 20.4 Å². The summed E-state index contributed by atoms with van der Waals surface area (Å²) in [6.45, 7) is 1.53. The second kappa shape index (κ2) is 6.18. The lowest BCUT2D eigenvalue weighted by atomic mass is 10.2. The van der Waals surface area contributed by atoms with Crippen LogP contribution in [0.3, 0.4) is 0 Å². The molecule has 0 saturated carbocycles. The molecule has 9 heteroatoms. The number of nitrogens with zero attached hydrogens (tertiary/aromatic N) is 3. The van der Waals surface area contributed by atoms with Crippen molar-refractivity contribution in [1.82, 2.24) is 9.97 Å². The standard InChI is InChI=1S/C13H10ClF3N4O/c1-7(21-22)11-5-19-12(6-18-11)20-8-2-3-10(14)9(4-8)13(15,16)17/h2-6,22H,1H3,(H,19,20)/b21-7+. The van der Waals surface area contributed by atoms with Crippen LogP contribution in [-0.4, -0.2) is 20.9 Å². The minimum Gasteiger partial charge on any atom is -0.411 e. The molecule has 0 bridgehead atoms. The van der Waals surface area contributed by atoms with Gasteiger partial charge in [0.1, 0.15) is 17.2 Å². The van der Waals surface area contributed by atoms with Gasteiger partial charge in [0, 0.05) is 5.69 Å². The van der Waals surface area contributed by atoms with Gasteiger partial charge in [-0.05, 0) is 25.1 Å². The molecule has 0 saturated heterocycles. The number of halogens is 4. The van der Waals surface area contributed by atoms with E-state index in [1.165, 1.54) is 25.4 Å². The SMILES string of the molecule is C/C(=N\O)c1cnc(Nc2ccc(Cl)c(C(F)(F)F)c2)cn1. The van der Waals surface area contributed by atoms with Crippen LogP contribution in [0.25, 0.3) is 0 Å². The quantitative estimate of drug-likeness (QED) is 0.505. The van der Waals surface area contributed by atoms with Crippen LogP contribution in [0, 0.1) is 0 Å². The number of oxime groups is 1. The molecule has 0 aliphatic rings. The molecule has 22 heavy (non-hydrogen) atoms. The maximum absolute atomic E-state index is 12.8. The van der Waals surface area contributed by atoms with E-state index in [4.69, 9.17) is 16.8 Å². The summed E-state index contributed by atoms with van der Waals surface area (Å²) >= 11 is 5.54. The van der Waals surface area contributed by atoms with E-state index in [-0.39, 0.29) is 22.2 Å². The molecule has 0 spiro atoms. The van der Waals surface area contributed by atoms with Gasteiger partial charge in [0.2, 0.25) is 0 Å². The fourth-order valence-corrected chi connectivity index (χ4v) is 1.82. The average molecular weight is 331 g/mol. The van der Waals surface area contributed by atoms with Gasteiger partial charge in [0.25, 0.3) is 0 Å². The number of nitrogens with one attached hydrogen (secondary N) is 1. The summed E-state index contributed by atoms with van der Waals surface area (Å²) in [7, 11) is 0. The predicted molar refractivity (Wildman–Crippen MR) is 75.8 cm³/mol. The highest BCUT2D eigenvalue weighted by Crippen LogP contribution is 2.36. The lowest BCUT2D eigenvalue weighted by Crippen LogP contribution is -2.07. The Morgan fingerprint density at radius 2 is 2.00 bits per heavy atom. The van der Waals surface area contributed by atoms with Gasteiger partial charge in [0.05, 0.1) is 23.0 Å². The number of hydrogen-bond donors (Lipinski definition) is 2. The lowest BCUT2D eigenvalue weighted by Gasteiger charge is -2.12. The molecule has 1 aromatic carbocycles. The van der Waals surface area contributed by atoms with Gasteiger partial charge < -0.3 is 10.5 Å². The number of aromatic nitrogens is 2. The Hall–Kier alpha value is -2.35. The van der Waals surface area contributed by atoms with Crippen LogP contribution >= 0.6 is 11.6 Å². The van der Waals surface area contributed by atoms with Crippen molar-refractivity contribution in [2.45, 2.75) is 13.1 Å². The van der Waals surface area contributed by atoms with Crippen molar-refractivity contribution in [1.29, 1.82) is 0 Å². The monoisotopic (exact) mass is 330 g/mol. The maximum atomic E-state index is 12.8. The number of rotatable bonds is 3. The van der Waals surface area contributed by atoms with Crippen LogP contribution in [0.2, 0.25) is 5.02 Å². The number of benzene rings is 1. The van der Waals surface area contributed by atoms with Gasteiger partial charge >= 0.3 is 6.18 Å². The highest BCUT2D eigenvalue weighted by Gasteiger charge is 2.33. The maximum Gasteiger partial charge on any atom is 0.417 e. The Labute approximate surface area is 128 Å². The molecule has 0 fully saturated rings. The summed E-state index contributed by atoms with van der Waals surface area (Å²) in [6.07, 6.45) is -1.90. The van der Waals surface area contributed by atoms with Crippen molar-refractivity contribution in [3.63, 3.8) is 0 Å². The van der Waals surface area contributed by atoms with E-state index in [1.807, 2.05) is 0 Å². The van der Waals surface area contributed by atoms with Crippen LogP contribution in [0.5, 0.6) is 0 Å². The highest BCUT2D eigenvalue weighted by atomic mass is 35.5. The normalized spacial score (nSPS) is 12.3. The van der Waals surface area contributed by atoms with Crippen molar-refractivity contribution in [2.24, 2.45) is 5.16 Å². The molecule has 0 radical (unpaired) electrons. The van der Waals surface area contributed by atoms with Crippen molar-refractivity contribution in [3.8, 4) is 0 Å². The van der Waals surface area contributed by atoms with Crippen LogP contribution in [-0.2, 0) is 6.18 Å². The average Bonchev–Trinajstić information content (AvgIpc) is 2.48. The summed E-state index contributed by atoms with van der Waals surface area (Å²) in [5.74, 6) is 0.241. The lowest BCUT2D eigenvalue weighted by molar-refractivity contribution is -0.137. The van der Waals surface area contributed by atoms with Crippen molar-refractivity contribution in [2.75, 3.05) is 5.32 Å². The molecule has 0 amide bonds. The third kappa shape index (κ3) is 3.64. The minimum atomic E-state index is -4.54. The van der Waals surface area contributed by atoms with Crippen molar-refractivity contribution >= 4 is 28.8 Å². The van der Waals surface area contributed by atoms with E-state index in [1.54, 1.807) is 0 Å². The first-order valence-electron chi connectivity index (χ1n) is 5.96. The molecule has 116 valence electrons. The Balaban J connectivity index is 2.24. The van der Waals surface area contributed by atoms with E-state index in [0.29, 0.717) is 5.69 Å². The second-order valence-electron chi connectivity index (χ2n) is 4.29. The molecule has 1 heterocycles. The largest absolute Gasteiger partial charge is 0.417 e. The molecular weight excluding hydrogens is 321 g/mol. The summed E-state index contributed by atoms with van der Waals surface area (Å²) in [6, 6.07) is 3.43. The van der Waals surface area contributed by atoms with Gasteiger partial charge in [-0.2, -0.15) is 13.2 Å². The topological polar surface area (TPSA) is 70.4 Å². The molecule has 0 atom stereocenters. The summed E-state index contributed by atoms with van der Waals surface area (Å²) in [5, 5.41) is 13.9. The summed E-state index contributed by atoms with van der Waals surface area (Å²) in [4.78, 5) is 7.95. The molecular formula is C13H10ClF3N4O. The molecule has 0 aliphatic heterocycles. The van der Waals surface area contributed by atoms with Gasteiger partial charge in [0.15, 0.2) is 0 Å². The molecule has 2 aromatic rings. The zero-order chi connectivity index (χ0) is 16.3. The number of hydrogen-bond acceptors (Lipinski definition) is 5. The fraction of sp³-hybridized carbons (Fsp3) is 0.154. The van der Waals surface area contributed by atoms with E-state index < -0.39 is 11.7 Å². The van der Waals surface area contributed by atoms with Crippen LogP contribution < -0.4 is 5.32 Å². The molecule has 0 unspecified atom stereocenters. The van der Waals surface area contributed by atoms with Crippen LogP contribution in [0.15, 0.2) is 35.7 Å². The van der Waals surface area contributed by atoms with Gasteiger partial charge in [-0.15, -0.1) is 0 Å². The molecule has 2 N–H and O–H groups in total. The third-order valence-corrected chi connectivity index (χ3v) is 3.05. The molecule has 1 aromatic heterocycles. The second-order valence-corrected chi connectivity index (χ2v) is 4.70. The van der Waals surface area contributed by atoms with Crippen molar-refractivity contribution in [3.05, 3.63) is 46.9 Å². The van der Waals surface area contributed by atoms with Gasteiger partial charge in [-0.25, -0.2) is 9.97 Å². The van der Waals surface area contributed by atoms with Crippen LogP contribution in [0.4, 0.5) is 24.7 Å². The van der Waals surface area contributed by atoms with Gasteiger partial charge in [-0.3, -0.25) is 0 Å². The summed E-state index contributed by atoms with van der Waals surface area (Å²) in [5.41, 5.74) is -0.150. The predicted octanol–water partition coefficient (Wildman–Crippen LogP) is 4.09. The number of anilines is 2. The zero-order valence-corrected chi connectivity index (χ0v) is 11.9. The molecule has 0 aliphatic carbocycles. The first-order valence-corrected chi connectivity index (χ1v) is 6.34. The molecule has 5 nitrogen and oxygen atoms in total. The smallest absolute Gasteiger partial charge is 0.411 e. The Kier molecular flexibility index (Phi) is 4.51. The third-order valence-electron chi connectivity index (χ3n) is 2.72. The molecule has 2 rings (SSSR count). The van der Waals surface area contributed by atoms with E-state index >= 15 is 0 Å². The highest BCUT2D eigenvalue weighted by molar-refractivity contribution is 6.31. The number of alkyl halides is 3.